The average Bonchev–Trinajstić information content (AvgIpc) is 2.94. The predicted molar refractivity (Wildman–Crippen MR) is 85.3 cm³/mol. The Bertz CT molecular complexity index is 277. The van der Waals surface area contributed by atoms with Crippen LogP contribution in [0.5, 0.6) is 0 Å². The number of likely N-dealkylation sites (tertiary alicyclic amines) is 1. The zero-order valence-electron chi connectivity index (χ0n) is 13.6. The highest BCUT2D eigenvalue weighted by Crippen LogP contribution is 2.14. The zero-order valence-corrected chi connectivity index (χ0v) is 13.6. The second-order valence-electron chi connectivity index (χ2n) is 5.53. The molecule has 1 aliphatic rings. The van der Waals surface area contributed by atoms with Crippen LogP contribution < -0.4 is 10.6 Å². The van der Waals surface area contributed by atoms with Gasteiger partial charge < -0.3 is 15.4 Å². The van der Waals surface area contributed by atoms with Crippen molar-refractivity contribution in [2.45, 2.75) is 52.1 Å². The van der Waals surface area contributed by atoms with Crippen molar-refractivity contribution in [2.75, 3.05) is 39.9 Å². The number of nitrogens with zero attached hydrogens (tertiary/aromatic N) is 2. The lowest BCUT2D eigenvalue weighted by Gasteiger charge is -2.25. The van der Waals surface area contributed by atoms with Crippen LogP contribution in [0.25, 0.3) is 0 Å². The number of aliphatic imine (C=N–C) groups is 1. The van der Waals surface area contributed by atoms with Gasteiger partial charge >= 0.3 is 0 Å². The number of hydrogen-bond donors (Lipinski definition) is 2. The molecule has 2 unspecified atom stereocenters. The summed E-state index contributed by atoms with van der Waals surface area (Å²) in [7, 11) is 1.72. The first kappa shape index (κ1) is 17.2. The Kier molecular flexibility index (Phi) is 8.62. The van der Waals surface area contributed by atoms with Gasteiger partial charge in [0.05, 0.1) is 13.2 Å². The van der Waals surface area contributed by atoms with Gasteiger partial charge in [0.25, 0.3) is 0 Å². The maximum atomic E-state index is 5.16. The minimum atomic E-state index is 0.268. The van der Waals surface area contributed by atoms with Gasteiger partial charge in [-0.15, -0.1) is 0 Å². The maximum Gasteiger partial charge on any atom is 0.191 e. The summed E-state index contributed by atoms with van der Waals surface area (Å²) < 4.78 is 5.16. The molecule has 0 radical (unpaired) electrons. The second kappa shape index (κ2) is 10.00. The highest BCUT2D eigenvalue weighted by Gasteiger charge is 2.20. The Balaban J connectivity index is 2.50. The molecule has 20 heavy (non-hydrogen) atoms. The number of guanidine groups is 1. The van der Waals surface area contributed by atoms with E-state index in [1.54, 1.807) is 7.11 Å². The fourth-order valence-corrected chi connectivity index (χ4v) is 2.65. The van der Waals surface area contributed by atoms with Crippen LogP contribution in [0.15, 0.2) is 4.99 Å². The molecule has 1 heterocycles. The summed E-state index contributed by atoms with van der Waals surface area (Å²) in [6, 6.07) is 0.843. The van der Waals surface area contributed by atoms with Crippen molar-refractivity contribution in [3.05, 3.63) is 0 Å². The number of methoxy groups -OCH3 is 1. The van der Waals surface area contributed by atoms with Crippen molar-refractivity contribution in [1.82, 2.24) is 15.5 Å². The van der Waals surface area contributed by atoms with Crippen LogP contribution >= 0.6 is 0 Å². The van der Waals surface area contributed by atoms with Gasteiger partial charge in [0.1, 0.15) is 0 Å². The monoisotopic (exact) mass is 284 g/mol. The topological polar surface area (TPSA) is 48.9 Å². The van der Waals surface area contributed by atoms with E-state index in [1.165, 1.54) is 25.9 Å². The van der Waals surface area contributed by atoms with Gasteiger partial charge in [0.2, 0.25) is 0 Å². The fourth-order valence-electron chi connectivity index (χ4n) is 2.65. The van der Waals surface area contributed by atoms with E-state index in [4.69, 9.17) is 9.73 Å². The van der Waals surface area contributed by atoms with Crippen LogP contribution in [-0.2, 0) is 4.74 Å². The van der Waals surface area contributed by atoms with Gasteiger partial charge in [-0.2, -0.15) is 0 Å². The summed E-state index contributed by atoms with van der Waals surface area (Å²) in [6.45, 7) is 11.4. The molecule has 0 amide bonds. The molecule has 2 N–H and O–H groups in total. The summed E-state index contributed by atoms with van der Waals surface area (Å²) in [6.07, 6.45) is 3.84. The fraction of sp³-hybridized carbons (Fsp3) is 0.933. The average molecular weight is 284 g/mol. The third kappa shape index (κ3) is 6.09. The van der Waals surface area contributed by atoms with Gasteiger partial charge in [-0.25, -0.2) is 0 Å². The third-order valence-corrected chi connectivity index (χ3v) is 3.73. The van der Waals surface area contributed by atoms with Crippen LogP contribution in [0.2, 0.25) is 0 Å². The number of nitrogens with one attached hydrogen (secondary N) is 2. The minimum absolute atomic E-state index is 0.268. The molecule has 5 heteroatoms. The van der Waals surface area contributed by atoms with E-state index in [9.17, 15) is 0 Å². The van der Waals surface area contributed by atoms with E-state index in [2.05, 4.69) is 36.3 Å². The van der Waals surface area contributed by atoms with E-state index in [0.717, 1.165) is 25.5 Å². The summed E-state index contributed by atoms with van der Waals surface area (Å²) in [4.78, 5) is 7.32. The molecule has 1 rings (SSSR count). The van der Waals surface area contributed by atoms with Gasteiger partial charge in [0, 0.05) is 25.7 Å². The SMILES string of the molecule is CCNC(=NCC(CC)N1CCCC1)NC(C)COC. The smallest absolute Gasteiger partial charge is 0.191 e. The summed E-state index contributed by atoms with van der Waals surface area (Å²) >= 11 is 0. The Labute approximate surface area is 124 Å². The van der Waals surface area contributed by atoms with Crippen molar-refractivity contribution >= 4 is 5.96 Å². The van der Waals surface area contributed by atoms with Crippen molar-refractivity contribution in [3.63, 3.8) is 0 Å². The summed E-state index contributed by atoms with van der Waals surface area (Å²) in [5, 5.41) is 6.69. The van der Waals surface area contributed by atoms with Gasteiger partial charge in [-0.1, -0.05) is 6.92 Å². The molecule has 0 saturated carbocycles. The van der Waals surface area contributed by atoms with Crippen LogP contribution in [0.3, 0.4) is 0 Å². The summed E-state index contributed by atoms with van der Waals surface area (Å²) in [5.74, 6) is 0.898. The van der Waals surface area contributed by atoms with Gasteiger partial charge in [-0.05, 0) is 46.2 Å². The van der Waals surface area contributed by atoms with Crippen LogP contribution in [0.1, 0.15) is 40.0 Å². The van der Waals surface area contributed by atoms with Crippen molar-refractivity contribution in [1.29, 1.82) is 0 Å². The highest BCUT2D eigenvalue weighted by molar-refractivity contribution is 5.80. The van der Waals surface area contributed by atoms with Crippen LogP contribution in [0.4, 0.5) is 0 Å². The Hall–Kier alpha value is -0.810. The summed E-state index contributed by atoms with van der Waals surface area (Å²) in [5.41, 5.74) is 0. The molecule has 0 bridgehead atoms. The lowest BCUT2D eigenvalue weighted by Crippen LogP contribution is -2.45. The second-order valence-corrected chi connectivity index (χ2v) is 5.53. The van der Waals surface area contributed by atoms with Gasteiger partial charge in [-0.3, -0.25) is 9.89 Å². The highest BCUT2D eigenvalue weighted by atomic mass is 16.5. The van der Waals surface area contributed by atoms with Crippen molar-refractivity contribution < 1.29 is 4.74 Å². The zero-order chi connectivity index (χ0) is 14.8. The maximum absolute atomic E-state index is 5.16. The molecule has 5 nitrogen and oxygen atoms in total. The Morgan fingerprint density at radius 2 is 2.00 bits per heavy atom. The molecule has 0 aromatic carbocycles. The van der Waals surface area contributed by atoms with E-state index < -0.39 is 0 Å². The minimum Gasteiger partial charge on any atom is -0.383 e. The van der Waals surface area contributed by atoms with E-state index in [1.807, 2.05) is 0 Å². The van der Waals surface area contributed by atoms with Crippen LogP contribution in [-0.4, -0.2) is 62.8 Å². The molecule has 1 aliphatic heterocycles. The molecule has 0 aromatic heterocycles. The first-order chi connectivity index (χ1) is 9.71. The molecule has 2 atom stereocenters. The molecule has 0 spiro atoms. The lowest BCUT2D eigenvalue weighted by molar-refractivity contribution is 0.179. The number of rotatable bonds is 8. The first-order valence-electron chi connectivity index (χ1n) is 7.99. The van der Waals surface area contributed by atoms with E-state index in [0.29, 0.717) is 12.6 Å². The predicted octanol–water partition coefficient (Wildman–Crippen LogP) is 1.45. The molecule has 0 aliphatic carbocycles. The van der Waals surface area contributed by atoms with Crippen molar-refractivity contribution in [3.8, 4) is 0 Å². The van der Waals surface area contributed by atoms with E-state index >= 15 is 0 Å². The number of ether oxygens (including phenoxy) is 1. The third-order valence-electron chi connectivity index (χ3n) is 3.73. The lowest BCUT2D eigenvalue weighted by atomic mass is 10.2. The molecule has 1 fully saturated rings. The largest absolute Gasteiger partial charge is 0.383 e. The molecule has 118 valence electrons. The Morgan fingerprint density at radius 3 is 2.55 bits per heavy atom. The standard InChI is InChI=1S/C15H32N4O/c1-5-14(19-9-7-8-10-19)11-17-15(16-6-2)18-13(3)12-20-4/h13-14H,5-12H2,1-4H3,(H2,16,17,18). The van der Waals surface area contributed by atoms with Gasteiger partial charge in [0.15, 0.2) is 5.96 Å². The molecule has 1 saturated heterocycles. The molecular formula is C15H32N4O. The number of hydrogen-bond acceptors (Lipinski definition) is 3. The first-order valence-corrected chi connectivity index (χ1v) is 7.99. The quantitative estimate of drug-likeness (QED) is 0.523. The normalized spacial score (nSPS) is 19.9. The van der Waals surface area contributed by atoms with E-state index in [-0.39, 0.29) is 6.04 Å². The Morgan fingerprint density at radius 1 is 1.30 bits per heavy atom. The molecule has 0 aromatic rings. The van der Waals surface area contributed by atoms with Crippen molar-refractivity contribution in [2.24, 2.45) is 4.99 Å². The van der Waals surface area contributed by atoms with Crippen LogP contribution in [0, 0.1) is 0 Å². The molecular weight excluding hydrogens is 252 g/mol.